The van der Waals surface area contributed by atoms with Gasteiger partial charge in [0, 0.05) is 49.3 Å². The molecule has 1 atom stereocenters. The van der Waals surface area contributed by atoms with Gasteiger partial charge in [0.15, 0.2) is 16.9 Å². The Labute approximate surface area is 274 Å². The summed E-state index contributed by atoms with van der Waals surface area (Å²) in [7, 11) is 0. The lowest BCUT2D eigenvalue weighted by molar-refractivity contribution is -0.384. The highest BCUT2D eigenvalue weighted by atomic mass is 16.6. The molecule has 0 saturated carbocycles. The summed E-state index contributed by atoms with van der Waals surface area (Å²) >= 11 is 0. The van der Waals surface area contributed by atoms with E-state index in [2.05, 4.69) is 35.9 Å². The third-order valence-corrected chi connectivity index (χ3v) is 7.00. The number of amides is 2. The Morgan fingerprint density at radius 2 is 1.67 bits per heavy atom. The van der Waals surface area contributed by atoms with Crippen molar-refractivity contribution >= 4 is 46.1 Å². The predicted octanol–water partition coefficient (Wildman–Crippen LogP) is 0.940. The van der Waals surface area contributed by atoms with Gasteiger partial charge in [-0.15, -0.1) is 0 Å². The molecule has 0 aliphatic rings. The highest BCUT2D eigenvalue weighted by Crippen LogP contribution is 2.22. The number of nitrogen functional groups attached to an aromatic ring is 1. The van der Waals surface area contributed by atoms with E-state index >= 15 is 0 Å². The van der Waals surface area contributed by atoms with Crippen molar-refractivity contribution in [3.8, 4) is 5.88 Å². The zero-order chi connectivity index (χ0) is 34.5. The Morgan fingerprint density at radius 3 is 2.35 bits per heavy atom. The number of anilines is 2. The molecule has 0 radical (unpaired) electrons. The van der Waals surface area contributed by atoms with Gasteiger partial charge in [-0.05, 0) is 36.2 Å². The number of ketones is 1. The fourth-order valence-electron chi connectivity index (χ4n) is 4.56. The van der Waals surface area contributed by atoms with Crippen LogP contribution in [0.3, 0.4) is 0 Å². The molecule has 0 spiro atoms. The second-order valence-electron chi connectivity index (χ2n) is 10.4. The second-order valence-corrected chi connectivity index (χ2v) is 10.4. The number of carbonyl (C=O) groups excluding carboxylic acids is 3. The van der Waals surface area contributed by atoms with E-state index in [-0.39, 0.29) is 81.0 Å². The number of nitrogens with one attached hydrogen (secondary N) is 3. The second kappa shape index (κ2) is 17.2. The number of nitrogens with two attached hydrogens (primary N) is 1. The molecule has 2 amide bonds. The zero-order valence-electron chi connectivity index (χ0n) is 25.8. The van der Waals surface area contributed by atoms with E-state index in [1.165, 1.54) is 18.3 Å². The molecule has 4 aromatic rings. The largest absolute Gasteiger partial charge is 0.476 e. The predicted molar refractivity (Wildman–Crippen MR) is 173 cm³/mol. The van der Waals surface area contributed by atoms with Crippen molar-refractivity contribution in [1.82, 2.24) is 30.6 Å². The number of nitro groups is 1. The molecule has 2 aromatic carbocycles. The molecule has 48 heavy (non-hydrogen) atoms. The van der Waals surface area contributed by atoms with Gasteiger partial charge in [0.05, 0.1) is 43.2 Å². The van der Waals surface area contributed by atoms with Crippen LogP contribution in [0, 0.1) is 16.0 Å². The third kappa shape index (κ3) is 9.84. The summed E-state index contributed by atoms with van der Waals surface area (Å²) in [5.41, 5.74) is 8.63. The molecule has 0 saturated heterocycles. The number of Topliss-reactive ketones (excluding diaryl/α,β-unsaturated/α-hetero) is 1. The number of carbonyl (C=O) groups is 3. The zero-order valence-corrected chi connectivity index (χ0v) is 25.8. The first kappa shape index (κ1) is 35.1. The van der Waals surface area contributed by atoms with Crippen LogP contribution in [0.25, 0.3) is 11.2 Å². The molecule has 0 fully saturated rings. The van der Waals surface area contributed by atoms with Crippen LogP contribution in [0.1, 0.15) is 34.5 Å². The fourth-order valence-corrected chi connectivity index (χ4v) is 4.56. The smallest absolute Gasteiger partial charge is 0.269 e. The molecule has 0 aliphatic carbocycles. The quantitative estimate of drug-likeness (QED) is 0.0375. The number of nitro benzene ring substituents is 1. The van der Waals surface area contributed by atoms with E-state index in [1.807, 2.05) is 0 Å². The van der Waals surface area contributed by atoms with Crippen molar-refractivity contribution in [2.75, 3.05) is 44.0 Å². The van der Waals surface area contributed by atoms with Crippen LogP contribution in [-0.4, -0.2) is 85.6 Å². The Balaban J connectivity index is 1.39. The van der Waals surface area contributed by atoms with Crippen molar-refractivity contribution < 1.29 is 34.3 Å². The minimum atomic E-state index is -1.15. The number of aliphatic hydroxyl groups excluding tert-OH is 2. The first-order valence-electron chi connectivity index (χ1n) is 15.0. The van der Waals surface area contributed by atoms with Crippen molar-refractivity contribution in [2.45, 2.75) is 25.8 Å². The van der Waals surface area contributed by atoms with Gasteiger partial charge in [0.2, 0.25) is 23.6 Å². The van der Waals surface area contributed by atoms with Gasteiger partial charge in [-0.2, -0.15) is 9.97 Å². The molecule has 0 bridgehead atoms. The number of hydrogen-bond donors (Lipinski definition) is 6. The van der Waals surface area contributed by atoms with Gasteiger partial charge in [0.1, 0.15) is 5.92 Å². The van der Waals surface area contributed by atoms with Gasteiger partial charge in [-0.1, -0.05) is 12.1 Å². The van der Waals surface area contributed by atoms with Gasteiger partial charge in [-0.3, -0.25) is 24.5 Å². The van der Waals surface area contributed by atoms with E-state index in [4.69, 9.17) is 20.7 Å². The Hall–Kier alpha value is -5.81. The van der Waals surface area contributed by atoms with Crippen molar-refractivity contribution in [2.24, 2.45) is 5.92 Å². The molecule has 2 heterocycles. The maximum absolute atomic E-state index is 13.2. The van der Waals surface area contributed by atoms with Crippen molar-refractivity contribution in [3.63, 3.8) is 0 Å². The molecule has 2 aromatic heterocycles. The number of benzene rings is 2. The highest BCUT2D eigenvalue weighted by Gasteiger charge is 2.28. The summed E-state index contributed by atoms with van der Waals surface area (Å²) in [6, 6.07) is 12.6. The monoisotopic (exact) mass is 661 g/mol. The summed E-state index contributed by atoms with van der Waals surface area (Å²) in [6.07, 6.45) is 1.82. The van der Waals surface area contributed by atoms with Gasteiger partial charge >= 0.3 is 0 Å². The van der Waals surface area contributed by atoms with E-state index in [0.717, 1.165) is 5.56 Å². The minimum Gasteiger partial charge on any atom is -0.476 e. The lowest BCUT2D eigenvalue weighted by Gasteiger charge is -2.16. The standard InChI is InChI=1S/C31H35N9O8/c32-31-38-28-26(30(39-31)48-16-11-19-1-7-23(8-2-19)40(46)47)37-22(18-36-28)17-35-21-5-3-20(4-6-21)27(44)24(29(45)34-13-15-42)9-10-25(43)33-12-14-41/h1-8,18,24,35,41-42H,9-17H2,(H,33,43)(H,34,45)(H2,32,36,38,39). The number of fused-ring (bicyclic) bond motifs is 1. The summed E-state index contributed by atoms with van der Waals surface area (Å²) < 4.78 is 5.85. The number of hydrogen-bond acceptors (Lipinski definition) is 14. The molecule has 0 aliphatic heterocycles. The Morgan fingerprint density at radius 1 is 0.958 bits per heavy atom. The van der Waals surface area contributed by atoms with E-state index in [0.29, 0.717) is 23.3 Å². The maximum atomic E-state index is 13.2. The topological polar surface area (TPSA) is 258 Å². The first-order chi connectivity index (χ1) is 23.2. The van der Waals surface area contributed by atoms with E-state index < -0.39 is 28.4 Å². The molecule has 252 valence electrons. The van der Waals surface area contributed by atoms with Crippen LogP contribution in [-0.2, 0) is 22.6 Å². The van der Waals surface area contributed by atoms with Crippen LogP contribution in [0.15, 0.2) is 54.7 Å². The third-order valence-electron chi connectivity index (χ3n) is 7.00. The SMILES string of the molecule is Nc1nc(OCCc2ccc([N+](=O)[O-])cc2)c2nc(CNc3ccc(C(=O)C(CCC(=O)NCCO)C(=O)NCCO)cc3)cnc2n1. The minimum absolute atomic E-state index is 0.00290. The average molecular weight is 662 g/mol. The number of rotatable bonds is 18. The lowest BCUT2D eigenvalue weighted by Crippen LogP contribution is -2.38. The number of aromatic nitrogens is 4. The summed E-state index contributed by atoms with van der Waals surface area (Å²) in [5, 5.41) is 37.0. The van der Waals surface area contributed by atoms with Gasteiger partial charge < -0.3 is 36.6 Å². The number of ether oxygens (including phenoxy) is 1. The molecule has 1 unspecified atom stereocenters. The summed E-state index contributed by atoms with van der Waals surface area (Å²) in [5.74, 6) is -2.52. The molecule has 4 rings (SSSR count). The number of aliphatic hydroxyl groups is 2. The van der Waals surface area contributed by atoms with E-state index in [9.17, 15) is 24.5 Å². The Kier molecular flexibility index (Phi) is 12.6. The molecular formula is C31H35N9O8. The molecule has 17 heteroatoms. The van der Waals surface area contributed by atoms with Crippen molar-refractivity contribution in [3.05, 3.63) is 81.7 Å². The van der Waals surface area contributed by atoms with Gasteiger partial charge in [-0.25, -0.2) is 9.97 Å². The fraction of sp³-hybridized carbons (Fsp3) is 0.323. The van der Waals surface area contributed by atoms with Crippen LogP contribution in [0.4, 0.5) is 17.3 Å². The molecular weight excluding hydrogens is 626 g/mol. The van der Waals surface area contributed by atoms with Crippen LogP contribution < -0.4 is 26.4 Å². The maximum Gasteiger partial charge on any atom is 0.269 e. The van der Waals surface area contributed by atoms with Crippen molar-refractivity contribution in [1.29, 1.82) is 0 Å². The van der Waals surface area contributed by atoms with Crippen LogP contribution in [0.2, 0.25) is 0 Å². The average Bonchev–Trinajstić information content (AvgIpc) is 3.09. The summed E-state index contributed by atoms with van der Waals surface area (Å²) in [6.45, 7) is -0.0690. The molecule has 17 nitrogen and oxygen atoms in total. The number of nitrogens with zero attached hydrogens (tertiary/aromatic N) is 5. The lowest BCUT2D eigenvalue weighted by atomic mass is 9.92. The van der Waals surface area contributed by atoms with Crippen LogP contribution >= 0.6 is 0 Å². The summed E-state index contributed by atoms with van der Waals surface area (Å²) in [4.78, 5) is 65.5. The van der Waals surface area contributed by atoms with Gasteiger partial charge in [0.25, 0.3) is 5.69 Å². The normalized spacial score (nSPS) is 11.5. The number of non-ortho nitro benzene ring substituents is 1. The van der Waals surface area contributed by atoms with Crippen LogP contribution in [0.5, 0.6) is 5.88 Å². The van der Waals surface area contributed by atoms with E-state index in [1.54, 1.807) is 36.4 Å². The molecule has 7 N–H and O–H groups in total. The Bertz CT molecular complexity index is 1740. The highest BCUT2D eigenvalue weighted by molar-refractivity contribution is 6.10. The first-order valence-corrected chi connectivity index (χ1v) is 15.0.